The summed E-state index contributed by atoms with van der Waals surface area (Å²) in [4.78, 5) is 12.1. The first-order chi connectivity index (χ1) is 12.0. The lowest BCUT2D eigenvalue weighted by Crippen LogP contribution is -2.14. The number of sulfone groups is 1. The summed E-state index contributed by atoms with van der Waals surface area (Å²) in [6, 6.07) is 17.0. The van der Waals surface area contributed by atoms with Gasteiger partial charge in [0.15, 0.2) is 9.84 Å². The fourth-order valence-electron chi connectivity index (χ4n) is 2.18. The van der Waals surface area contributed by atoms with E-state index in [1.165, 1.54) is 12.1 Å². The Morgan fingerprint density at radius 2 is 1.60 bits per heavy atom. The number of nitrogens with zero attached hydrogens (tertiary/aromatic N) is 2. The number of anilines is 1. The molecule has 7 nitrogen and oxygen atoms in total. The number of aromatic nitrogens is 2. The molecule has 0 spiro atoms. The second-order valence-electron chi connectivity index (χ2n) is 5.28. The van der Waals surface area contributed by atoms with Crippen LogP contribution in [0.1, 0.15) is 11.5 Å². The summed E-state index contributed by atoms with van der Waals surface area (Å²) >= 11 is 0. The molecule has 1 amide bonds. The highest BCUT2D eigenvalue weighted by Crippen LogP contribution is 2.16. The molecule has 0 aliphatic carbocycles. The Labute approximate surface area is 144 Å². The average molecular weight is 357 g/mol. The van der Waals surface area contributed by atoms with Crippen LogP contribution in [0, 0.1) is 0 Å². The molecule has 0 atom stereocenters. The molecule has 3 aromatic rings. The third-order valence-electron chi connectivity index (χ3n) is 3.34. The lowest BCUT2D eigenvalue weighted by Gasteiger charge is -2.01. The van der Waals surface area contributed by atoms with Crippen molar-refractivity contribution in [2.24, 2.45) is 0 Å². The Morgan fingerprint density at radius 3 is 2.28 bits per heavy atom. The molecule has 0 aliphatic heterocycles. The van der Waals surface area contributed by atoms with Crippen molar-refractivity contribution in [3.8, 4) is 0 Å². The lowest BCUT2D eigenvalue weighted by molar-refractivity contribution is -0.115. The SMILES string of the molecule is O=C(Cc1ccccc1)Nc1nnc(CS(=O)(=O)c2ccccc2)o1. The van der Waals surface area contributed by atoms with E-state index in [2.05, 4.69) is 15.5 Å². The molecule has 8 heteroatoms. The maximum Gasteiger partial charge on any atom is 0.322 e. The minimum Gasteiger partial charge on any atom is -0.407 e. The van der Waals surface area contributed by atoms with Crippen LogP contribution < -0.4 is 5.32 Å². The largest absolute Gasteiger partial charge is 0.407 e. The molecule has 2 aromatic carbocycles. The standard InChI is InChI=1S/C17H15N3O4S/c21-15(11-13-7-3-1-4-8-13)18-17-20-19-16(24-17)12-25(22,23)14-9-5-2-6-10-14/h1-10H,11-12H2,(H,18,20,21). The zero-order chi connectivity index (χ0) is 17.7. The number of carbonyl (C=O) groups is 1. The van der Waals surface area contributed by atoms with Gasteiger partial charge in [-0.1, -0.05) is 53.6 Å². The van der Waals surface area contributed by atoms with Crippen molar-refractivity contribution >= 4 is 21.8 Å². The number of hydrogen-bond acceptors (Lipinski definition) is 6. The van der Waals surface area contributed by atoms with Crippen molar-refractivity contribution in [2.45, 2.75) is 17.1 Å². The first-order valence-corrected chi connectivity index (χ1v) is 9.12. The summed E-state index contributed by atoms with van der Waals surface area (Å²) in [5.41, 5.74) is 0.839. The number of nitrogens with one attached hydrogen (secondary N) is 1. The number of carbonyl (C=O) groups excluding carboxylic acids is 1. The first-order valence-electron chi connectivity index (χ1n) is 7.47. The minimum absolute atomic E-state index is 0.0844. The van der Waals surface area contributed by atoms with Crippen molar-refractivity contribution in [3.05, 3.63) is 72.1 Å². The van der Waals surface area contributed by atoms with E-state index in [1.807, 2.05) is 30.3 Å². The average Bonchev–Trinajstić information content (AvgIpc) is 3.02. The third kappa shape index (κ3) is 4.51. The fourth-order valence-corrected chi connectivity index (χ4v) is 3.36. The summed E-state index contributed by atoms with van der Waals surface area (Å²) in [6.07, 6.45) is 0.154. The molecule has 1 heterocycles. The van der Waals surface area contributed by atoms with E-state index in [4.69, 9.17) is 4.42 Å². The third-order valence-corrected chi connectivity index (χ3v) is 4.95. The Balaban J connectivity index is 1.64. The van der Waals surface area contributed by atoms with Gasteiger partial charge in [-0.2, -0.15) is 0 Å². The number of hydrogen-bond donors (Lipinski definition) is 1. The highest BCUT2D eigenvalue weighted by atomic mass is 32.2. The summed E-state index contributed by atoms with van der Waals surface area (Å²) in [6.45, 7) is 0. The van der Waals surface area contributed by atoms with Crippen molar-refractivity contribution in [1.29, 1.82) is 0 Å². The molecule has 25 heavy (non-hydrogen) atoms. The zero-order valence-corrected chi connectivity index (χ0v) is 13.9. The van der Waals surface area contributed by atoms with Crippen molar-refractivity contribution in [2.75, 3.05) is 5.32 Å². The first kappa shape index (κ1) is 16.8. The normalized spacial score (nSPS) is 11.2. The zero-order valence-electron chi connectivity index (χ0n) is 13.1. The highest BCUT2D eigenvalue weighted by molar-refractivity contribution is 7.90. The van der Waals surface area contributed by atoms with Crippen LogP contribution in [0.25, 0.3) is 0 Å². The number of benzene rings is 2. The minimum atomic E-state index is -3.59. The fraction of sp³-hybridized carbons (Fsp3) is 0.118. The van der Waals surface area contributed by atoms with Gasteiger partial charge in [0.2, 0.25) is 11.8 Å². The predicted octanol–water partition coefficient (Wildman–Crippen LogP) is 2.22. The van der Waals surface area contributed by atoms with Crippen LogP contribution in [0.3, 0.4) is 0 Å². The molecule has 3 rings (SSSR count). The summed E-state index contributed by atoms with van der Waals surface area (Å²) in [5, 5.41) is 9.80. The van der Waals surface area contributed by atoms with Crippen LogP contribution >= 0.6 is 0 Å². The van der Waals surface area contributed by atoms with Gasteiger partial charge in [0.1, 0.15) is 5.75 Å². The Hall–Kier alpha value is -3.00. The topological polar surface area (TPSA) is 102 Å². The second kappa shape index (κ2) is 7.27. The molecule has 0 bridgehead atoms. The van der Waals surface area contributed by atoms with E-state index in [9.17, 15) is 13.2 Å². The molecule has 1 aromatic heterocycles. The molecule has 0 fully saturated rings. The summed E-state index contributed by atoms with van der Waals surface area (Å²) in [7, 11) is -3.59. The quantitative estimate of drug-likeness (QED) is 0.726. The van der Waals surface area contributed by atoms with Crippen LogP contribution in [0.5, 0.6) is 0 Å². The van der Waals surface area contributed by atoms with Gasteiger partial charge in [0.25, 0.3) is 0 Å². The molecule has 0 aliphatic rings. The van der Waals surface area contributed by atoms with E-state index in [-0.39, 0.29) is 29.1 Å². The Morgan fingerprint density at radius 1 is 0.960 bits per heavy atom. The molecule has 1 N–H and O–H groups in total. The second-order valence-corrected chi connectivity index (χ2v) is 7.27. The van der Waals surface area contributed by atoms with Crippen LogP contribution in [0.15, 0.2) is 70.0 Å². The van der Waals surface area contributed by atoms with E-state index in [1.54, 1.807) is 18.2 Å². The van der Waals surface area contributed by atoms with Gasteiger partial charge in [0.05, 0.1) is 11.3 Å². The van der Waals surface area contributed by atoms with Gasteiger partial charge in [-0.15, -0.1) is 5.10 Å². The Kier molecular flexibility index (Phi) is 4.90. The maximum absolute atomic E-state index is 12.3. The van der Waals surface area contributed by atoms with Gasteiger partial charge in [-0.25, -0.2) is 8.42 Å². The Bertz CT molecular complexity index is 954. The molecule has 0 saturated carbocycles. The molecule has 0 saturated heterocycles. The van der Waals surface area contributed by atoms with Gasteiger partial charge >= 0.3 is 6.01 Å². The van der Waals surface area contributed by atoms with Gasteiger partial charge < -0.3 is 4.42 Å². The number of amides is 1. The smallest absolute Gasteiger partial charge is 0.322 e. The lowest BCUT2D eigenvalue weighted by atomic mass is 10.1. The summed E-state index contributed by atoms with van der Waals surface area (Å²) < 4.78 is 29.7. The maximum atomic E-state index is 12.3. The van der Waals surface area contributed by atoms with E-state index < -0.39 is 15.6 Å². The van der Waals surface area contributed by atoms with Crippen molar-refractivity contribution < 1.29 is 17.6 Å². The van der Waals surface area contributed by atoms with Gasteiger partial charge in [0, 0.05) is 0 Å². The van der Waals surface area contributed by atoms with Gasteiger partial charge in [-0.3, -0.25) is 10.1 Å². The highest BCUT2D eigenvalue weighted by Gasteiger charge is 2.20. The van der Waals surface area contributed by atoms with Crippen molar-refractivity contribution in [3.63, 3.8) is 0 Å². The molecule has 0 unspecified atom stereocenters. The van der Waals surface area contributed by atoms with Crippen LogP contribution in [-0.4, -0.2) is 24.5 Å². The van der Waals surface area contributed by atoms with Crippen LogP contribution in [0.4, 0.5) is 6.01 Å². The van der Waals surface area contributed by atoms with Crippen LogP contribution in [0.2, 0.25) is 0 Å². The van der Waals surface area contributed by atoms with Crippen LogP contribution in [-0.2, 0) is 26.8 Å². The van der Waals surface area contributed by atoms with E-state index >= 15 is 0 Å². The molecule has 128 valence electrons. The van der Waals surface area contributed by atoms with Gasteiger partial charge in [-0.05, 0) is 17.7 Å². The number of rotatable bonds is 6. The molecular weight excluding hydrogens is 342 g/mol. The predicted molar refractivity (Wildman–Crippen MR) is 90.4 cm³/mol. The van der Waals surface area contributed by atoms with E-state index in [0.717, 1.165) is 5.56 Å². The van der Waals surface area contributed by atoms with Crippen molar-refractivity contribution in [1.82, 2.24) is 10.2 Å². The van der Waals surface area contributed by atoms with E-state index in [0.29, 0.717) is 0 Å². The monoisotopic (exact) mass is 357 g/mol. The summed E-state index contributed by atoms with van der Waals surface area (Å²) in [5.74, 6) is -0.843. The molecule has 0 radical (unpaired) electrons. The molecular formula is C17H15N3O4S.